The van der Waals surface area contributed by atoms with Crippen molar-refractivity contribution in [3.63, 3.8) is 0 Å². The molecule has 3 aromatic rings. The van der Waals surface area contributed by atoms with Crippen LogP contribution in [-0.2, 0) is 56.0 Å². The SMILES string of the molecule is CC(=O)N[C@@H](Cc1ccc(C(C(=O)OC(C)(C)C)C(=O)OC(C)(C)C)cc1)C(=O)NC1(C(=O)N[C@@H](CC(N)=O)C(=O)NCCCn2ccc3cc(C)ccc32)CCCCC1. The average Bonchev–Trinajstić information content (AvgIpc) is 3.53. The Morgan fingerprint density at radius 1 is 0.800 bits per heavy atom. The number of hydrogen-bond donors (Lipinski definition) is 5. The van der Waals surface area contributed by atoms with Gasteiger partial charge in [-0.1, -0.05) is 55.2 Å². The highest BCUT2D eigenvalue weighted by molar-refractivity contribution is 6.01. The van der Waals surface area contributed by atoms with Crippen LogP contribution in [0.4, 0.5) is 0 Å². The molecule has 1 aromatic heterocycles. The van der Waals surface area contributed by atoms with E-state index in [4.69, 9.17) is 15.2 Å². The second kappa shape index (κ2) is 20.0. The molecule has 0 unspecified atom stereocenters. The van der Waals surface area contributed by atoms with Crippen LogP contribution in [0.2, 0.25) is 0 Å². The molecule has 15 heteroatoms. The third-order valence-electron chi connectivity index (χ3n) is 10.1. The highest BCUT2D eigenvalue weighted by atomic mass is 16.6. The van der Waals surface area contributed by atoms with E-state index in [2.05, 4.69) is 38.0 Å². The van der Waals surface area contributed by atoms with E-state index in [-0.39, 0.29) is 25.8 Å². The first kappa shape index (κ1) is 47.0. The van der Waals surface area contributed by atoms with Crippen LogP contribution in [0.25, 0.3) is 10.9 Å². The summed E-state index contributed by atoms with van der Waals surface area (Å²) in [5.74, 6) is -6.03. The molecule has 2 atom stereocenters. The molecule has 0 aliphatic heterocycles. The first-order valence-corrected chi connectivity index (χ1v) is 20.6. The van der Waals surface area contributed by atoms with E-state index in [9.17, 15) is 33.6 Å². The molecule has 1 heterocycles. The number of carbonyl (C=O) groups excluding carboxylic acids is 7. The van der Waals surface area contributed by atoms with Gasteiger partial charge in [0.25, 0.3) is 0 Å². The lowest BCUT2D eigenvalue weighted by atomic mass is 9.80. The van der Waals surface area contributed by atoms with Crippen LogP contribution >= 0.6 is 0 Å². The van der Waals surface area contributed by atoms with E-state index in [0.29, 0.717) is 36.9 Å². The van der Waals surface area contributed by atoms with Crippen LogP contribution in [0.5, 0.6) is 0 Å². The molecular weight excluding hydrogens is 769 g/mol. The maximum atomic E-state index is 14.1. The van der Waals surface area contributed by atoms with Crippen molar-refractivity contribution in [1.82, 2.24) is 25.8 Å². The summed E-state index contributed by atoms with van der Waals surface area (Å²) in [5, 5.41) is 12.2. The van der Waals surface area contributed by atoms with Gasteiger partial charge >= 0.3 is 11.9 Å². The molecule has 0 spiro atoms. The highest BCUT2D eigenvalue weighted by Gasteiger charge is 2.44. The van der Waals surface area contributed by atoms with Crippen LogP contribution in [0.15, 0.2) is 54.7 Å². The summed E-state index contributed by atoms with van der Waals surface area (Å²) in [6, 6.07) is 12.2. The molecule has 0 saturated heterocycles. The summed E-state index contributed by atoms with van der Waals surface area (Å²) in [6.45, 7) is 14.4. The molecule has 15 nitrogen and oxygen atoms in total. The van der Waals surface area contributed by atoms with Crippen molar-refractivity contribution in [3.05, 3.63) is 71.4 Å². The summed E-state index contributed by atoms with van der Waals surface area (Å²) in [7, 11) is 0. The monoisotopic (exact) mass is 830 g/mol. The number of nitrogens with zero attached hydrogens (tertiary/aromatic N) is 1. The van der Waals surface area contributed by atoms with Crippen LogP contribution < -0.4 is 27.0 Å². The van der Waals surface area contributed by atoms with E-state index in [1.54, 1.807) is 65.8 Å². The topological polar surface area (TPSA) is 217 Å². The number of carbonyl (C=O) groups is 7. The van der Waals surface area contributed by atoms with Gasteiger partial charge in [-0.15, -0.1) is 0 Å². The van der Waals surface area contributed by atoms with Crippen molar-refractivity contribution in [2.24, 2.45) is 5.73 Å². The summed E-state index contributed by atoms with van der Waals surface area (Å²) in [5.41, 5.74) is 5.49. The molecule has 1 fully saturated rings. The van der Waals surface area contributed by atoms with Crippen molar-refractivity contribution in [2.45, 2.75) is 148 Å². The zero-order chi connectivity index (χ0) is 44.4. The van der Waals surface area contributed by atoms with E-state index >= 15 is 0 Å². The maximum Gasteiger partial charge on any atom is 0.325 e. The molecule has 326 valence electrons. The van der Waals surface area contributed by atoms with E-state index < -0.39 is 82.6 Å². The predicted molar refractivity (Wildman–Crippen MR) is 226 cm³/mol. The molecule has 5 amide bonds. The number of amides is 5. The van der Waals surface area contributed by atoms with Crippen LogP contribution in [0, 0.1) is 6.92 Å². The number of aryl methyl sites for hydroxylation is 2. The van der Waals surface area contributed by atoms with Gasteiger partial charge in [-0.3, -0.25) is 33.6 Å². The van der Waals surface area contributed by atoms with Gasteiger partial charge in [-0.25, -0.2) is 0 Å². The van der Waals surface area contributed by atoms with Gasteiger partial charge in [-0.2, -0.15) is 0 Å². The average molecular weight is 831 g/mol. The number of nitrogens with one attached hydrogen (secondary N) is 4. The maximum absolute atomic E-state index is 14.1. The van der Waals surface area contributed by atoms with Crippen molar-refractivity contribution < 1.29 is 43.0 Å². The van der Waals surface area contributed by atoms with Gasteiger partial charge in [0, 0.05) is 38.1 Å². The van der Waals surface area contributed by atoms with E-state index in [0.717, 1.165) is 22.9 Å². The number of rotatable bonds is 17. The molecule has 1 aliphatic carbocycles. The standard InChI is InChI=1S/C45H62N6O9/c1-28-13-18-35-32(25-28)19-24-51(35)23-12-22-47-38(54)34(27-36(46)53)49-42(58)45(20-10-9-11-21-45)50-39(55)33(48-29(2)52)26-30-14-16-31(17-15-30)37(40(56)59-43(3,4)5)41(57)60-44(6,7)8/h13-19,24-25,33-34,37H,9-12,20-23,26-27H2,1-8H3,(H2,46,53)(H,47,54)(H,48,52)(H,49,58)(H,50,55)/t33-,34-/m0/s1. The van der Waals surface area contributed by atoms with Crippen LogP contribution in [0.3, 0.4) is 0 Å². The van der Waals surface area contributed by atoms with Gasteiger partial charge in [0.1, 0.15) is 28.8 Å². The Morgan fingerprint density at radius 2 is 1.42 bits per heavy atom. The molecule has 1 aliphatic rings. The minimum absolute atomic E-state index is 0.00190. The summed E-state index contributed by atoms with van der Waals surface area (Å²) < 4.78 is 13.2. The number of benzene rings is 2. The Balaban J connectivity index is 1.47. The van der Waals surface area contributed by atoms with Crippen LogP contribution in [0.1, 0.15) is 116 Å². The second-order valence-electron chi connectivity index (χ2n) is 17.7. The van der Waals surface area contributed by atoms with Crippen molar-refractivity contribution >= 4 is 52.4 Å². The lowest BCUT2D eigenvalue weighted by molar-refractivity contribution is -0.169. The van der Waals surface area contributed by atoms with Crippen molar-refractivity contribution in [2.75, 3.05) is 6.54 Å². The first-order valence-electron chi connectivity index (χ1n) is 20.6. The van der Waals surface area contributed by atoms with Crippen molar-refractivity contribution in [1.29, 1.82) is 0 Å². The van der Waals surface area contributed by atoms with Crippen LogP contribution in [-0.4, -0.2) is 81.4 Å². The zero-order valence-corrected chi connectivity index (χ0v) is 36.2. The third kappa shape index (κ3) is 13.7. The first-order chi connectivity index (χ1) is 28.1. The fourth-order valence-electron chi connectivity index (χ4n) is 7.32. The van der Waals surface area contributed by atoms with Crippen molar-refractivity contribution in [3.8, 4) is 0 Å². The zero-order valence-electron chi connectivity index (χ0n) is 36.2. The third-order valence-corrected chi connectivity index (χ3v) is 10.1. The number of hydrogen-bond acceptors (Lipinski definition) is 9. The molecule has 0 radical (unpaired) electrons. The normalized spacial score (nSPS) is 15.0. The number of nitrogens with two attached hydrogens (primary N) is 1. The number of esters is 2. The number of primary amides is 1. The largest absolute Gasteiger partial charge is 0.459 e. The fourth-order valence-corrected chi connectivity index (χ4v) is 7.32. The predicted octanol–water partition coefficient (Wildman–Crippen LogP) is 4.15. The summed E-state index contributed by atoms with van der Waals surface area (Å²) in [4.78, 5) is 92.6. The number of ether oxygens (including phenoxy) is 2. The Bertz CT molecular complexity index is 2010. The Kier molecular flexibility index (Phi) is 15.7. The summed E-state index contributed by atoms with van der Waals surface area (Å²) >= 11 is 0. The smallest absolute Gasteiger partial charge is 0.325 e. The van der Waals surface area contributed by atoms with Gasteiger partial charge in [0.05, 0.1) is 6.42 Å². The second-order valence-corrected chi connectivity index (χ2v) is 17.7. The Morgan fingerprint density at radius 3 is 1.98 bits per heavy atom. The van der Waals surface area contributed by atoms with Gasteiger partial charge in [0.15, 0.2) is 5.92 Å². The fraction of sp³-hybridized carbons (Fsp3) is 0.533. The lowest BCUT2D eigenvalue weighted by Gasteiger charge is -2.38. The molecule has 4 rings (SSSR count). The van der Waals surface area contributed by atoms with Gasteiger partial charge < -0.3 is 41.0 Å². The highest BCUT2D eigenvalue weighted by Crippen LogP contribution is 2.30. The quantitative estimate of drug-likeness (QED) is 0.0749. The minimum Gasteiger partial charge on any atom is -0.459 e. The van der Waals surface area contributed by atoms with E-state index in [1.807, 2.05) is 25.3 Å². The lowest BCUT2D eigenvalue weighted by Crippen LogP contribution is -2.65. The Hall–Kier alpha value is -5.73. The molecule has 1 saturated carbocycles. The molecule has 2 aromatic carbocycles. The van der Waals surface area contributed by atoms with Gasteiger partial charge in [-0.05, 0) is 102 Å². The Labute approximate surface area is 352 Å². The molecule has 6 N–H and O–H groups in total. The van der Waals surface area contributed by atoms with E-state index in [1.165, 1.54) is 6.92 Å². The summed E-state index contributed by atoms with van der Waals surface area (Å²) in [6.07, 6.45) is 4.69. The number of fused-ring (bicyclic) bond motifs is 1. The minimum atomic E-state index is -1.44. The van der Waals surface area contributed by atoms with Gasteiger partial charge in [0.2, 0.25) is 29.5 Å². The molecule has 60 heavy (non-hydrogen) atoms. The molecule has 0 bridgehead atoms. The molecular formula is C45H62N6O9. The number of aromatic nitrogens is 1.